The zero-order valence-electron chi connectivity index (χ0n) is 9.86. The molecular weight excluding hydrogens is 198 g/mol. The van der Waals surface area contributed by atoms with Crippen LogP contribution in [0.2, 0.25) is 0 Å². The van der Waals surface area contributed by atoms with Crippen molar-refractivity contribution < 1.29 is 0 Å². The third kappa shape index (κ3) is 3.89. The van der Waals surface area contributed by atoms with Gasteiger partial charge in [-0.25, -0.2) is 0 Å². The summed E-state index contributed by atoms with van der Waals surface area (Å²) in [5, 5.41) is 3.42. The highest BCUT2D eigenvalue weighted by molar-refractivity contribution is 4.93. The van der Waals surface area contributed by atoms with Crippen LogP contribution < -0.4 is 5.32 Å². The van der Waals surface area contributed by atoms with E-state index in [4.69, 9.17) is 0 Å². The van der Waals surface area contributed by atoms with Crippen LogP contribution >= 0.6 is 0 Å². The van der Waals surface area contributed by atoms with Gasteiger partial charge >= 0.3 is 0 Å². The molecule has 2 rings (SSSR count). The fourth-order valence-electron chi connectivity index (χ4n) is 2.45. The lowest BCUT2D eigenvalue weighted by molar-refractivity contribution is 0.469. The Bertz CT molecular complexity index is 280. The van der Waals surface area contributed by atoms with Gasteiger partial charge < -0.3 is 5.32 Å². The van der Waals surface area contributed by atoms with E-state index >= 15 is 0 Å². The lowest BCUT2D eigenvalue weighted by Crippen LogP contribution is -2.16. The van der Waals surface area contributed by atoms with Crippen LogP contribution in [-0.2, 0) is 6.54 Å². The minimum atomic E-state index is 0.846. The molecule has 1 aliphatic rings. The van der Waals surface area contributed by atoms with Crippen LogP contribution in [0.25, 0.3) is 0 Å². The molecule has 0 spiro atoms. The molecular formula is C13H21N3. The van der Waals surface area contributed by atoms with E-state index in [0.29, 0.717) is 0 Å². The molecule has 1 aromatic rings. The maximum atomic E-state index is 4.23. The van der Waals surface area contributed by atoms with Crippen molar-refractivity contribution in [2.75, 3.05) is 6.54 Å². The first-order valence-corrected chi connectivity index (χ1v) is 6.41. The second kappa shape index (κ2) is 6.59. The number of nitrogens with zero attached hydrogens (tertiary/aromatic N) is 2. The van der Waals surface area contributed by atoms with Crippen LogP contribution in [0.3, 0.4) is 0 Å². The highest BCUT2D eigenvalue weighted by Crippen LogP contribution is 2.28. The smallest absolute Gasteiger partial charge is 0.0724 e. The van der Waals surface area contributed by atoms with E-state index in [-0.39, 0.29) is 0 Å². The number of aromatic nitrogens is 2. The third-order valence-electron chi connectivity index (χ3n) is 3.36. The highest BCUT2D eigenvalue weighted by Gasteiger charge is 2.13. The van der Waals surface area contributed by atoms with Crippen LogP contribution in [0, 0.1) is 5.92 Å². The molecule has 0 unspecified atom stereocenters. The van der Waals surface area contributed by atoms with Gasteiger partial charge in [0.05, 0.1) is 5.69 Å². The van der Waals surface area contributed by atoms with Crippen molar-refractivity contribution in [3.05, 3.63) is 24.3 Å². The molecule has 0 aromatic carbocycles. The van der Waals surface area contributed by atoms with E-state index in [1.807, 2.05) is 6.20 Å². The van der Waals surface area contributed by atoms with Crippen LogP contribution in [0.1, 0.15) is 44.2 Å². The van der Waals surface area contributed by atoms with Crippen molar-refractivity contribution in [2.45, 2.75) is 45.1 Å². The second-order valence-corrected chi connectivity index (χ2v) is 4.67. The molecule has 1 saturated carbocycles. The first-order chi connectivity index (χ1) is 7.95. The summed E-state index contributed by atoms with van der Waals surface area (Å²) in [5.74, 6) is 1.01. The molecule has 1 aliphatic carbocycles. The summed E-state index contributed by atoms with van der Waals surface area (Å²) in [6.45, 7) is 1.95. The van der Waals surface area contributed by atoms with Gasteiger partial charge in [-0.15, -0.1) is 0 Å². The van der Waals surface area contributed by atoms with Gasteiger partial charge in [0.25, 0.3) is 0 Å². The lowest BCUT2D eigenvalue weighted by atomic mass is 10.0. The molecule has 1 aromatic heterocycles. The largest absolute Gasteiger partial charge is 0.311 e. The SMILES string of the molecule is c1cnc(CNCCCC2CCCC2)cn1. The first kappa shape index (κ1) is 11.5. The van der Waals surface area contributed by atoms with Gasteiger partial charge in [0, 0.05) is 25.1 Å². The summed E-state index contributed by atoms with van der Waals surface area (Å²) in [5.41, 5.74) is 1.03. The minimum Gasteiger partial charge on any atom is -0.311 e. The number of hydrogen-bond donors (Lipinski definition) is 1. The van der Waals surface area contributed by atoms with Gasteiger partial charge in [-0.05, 0) is 25.3 Å². The molecule has 0 aliphatic heterocycles. The van der Waals surface area contributed by atoms with E-state index in [9.17, 15) is 0 Å². The van der Waals surface area contributed by atoms with Gasteiger partial charge in [0.15, 0.2) is 0 Å². The Kier molecular flexibility index (Phi) is 4.74. The molecule has 1 N–H and O–H groups in total. The summed E-state index contributed by atoms with van der Waals surface area (Å²) >= 11 is 0. The molecule has 0 saturated heterocycles. The predicted octanol–water partition coefficient (Wildman–Crippen LogP) is 2.54. The molecule has 3 nitrogen and oxygen atoms in total. The van der Waals surface area contributed by atoms with Crippen molar-refractivity contribution in [2.24, 2.45) is 5.92 Å². The van der Waals surface area contributed by atoms with E-state index in [0.717, 1.165) is 24.7 Å². The van der Waals surface area contributed by atoms with Crippen molar-refractivity contribution in [1.82, 2.24) is 15.3 Å². The van der Waals surface area contributed by atoms with Gasteiger partial charge in [-0.1, -0.05) is 25.7 Å². The molecule has 1 heterocycles. The zero-order chi connectivity index (χ0) is 11.1. The minimum absolute atomic E-state index is 0.846. The Hall–Kier alpha value is -0.960. The fraction of sp³-hybridized carbons (Fsp3) is 0.692. The summed E-state index contributed by atoms with van der Waals surface area (Å²) in [6.07, 6.45) is 13.8. The Balaban J connectivity index is 1.52. The molecule has 16 heavy (non-hydrogen) atoms. The van der Waals surface area contributed by atoms with Gasteiger partial charge in [-0.2, -0.15) is 0 Å². The van der Waals surface area contributed by atoms with E-state index < -0.39 is 0 Å². The van der Waals surface area contributed by atoms with Gasteiger partial charge in [0.1, 0.15) is 0 Å². The summed E-state index contributed by atoms with van der Waals surface area (Å²) < 4.78 is 0. The lowest BCUT2D eigenvalue weighted by Gasteiger charge is -2.08. The quantitative estimate of drug-likeness (QED) is 0.747. The first-order valence-electron chi connectivity index (χ1n) is 6.41. The summed E-state index contributed by atoms with van der Waals surface area (Å²) in [6, 6.07) is 0. The van der Waals surface area contributed by atoms with Crippen molar-refractivity contribution in [3.63, 3.8) is 0 Å². The van der Waals surface area contributed by atoms with E-state index in [2.05, 4.69) is 15.3 Å². The molecule has 3 heteroatoms. The monoisotopic (exact) mass is 219 g/mol. The predicted molar refractivity (Wildman–Crippen MR) is 64.9 cm³/mol. The fourth-order valence-corrected chi connectivity index (χ4v) is 2.45. The van der Waals surface area contributed by atoms with E-state index in [1.54, 1.807) is 12.4 Å². The average Bonchev–Trinajstić information content (AvgIpc) is 2.83. The molecule has 0 radical (unpaired) electrons. The molecule has 0 atom stereocenters. The zero-order valence-corrected chi connectivity index (χ0v) is 9.86. The topological polar surface area (TPSA) is 37.8 Å². The highest BCUT2D eigenvalue weighted by atomic mass is 14.9. The number of rotatable bonds is 6. The van der Waals surface area contributed by atoms with Crippen LogP contribution in [-0.4, -0.2) is 16.5 Å². The number of hydrogen-bond acceptors (Lipinski definition) is 3. The van der Waals surface area contributed by atoms with Gasteiger partial charge in [0.2, 0.25) is 0 Å². The summed E-state index contributed by atoms with van der Waals surface area (Å²) in [4.78, 5) is 8.27. The van der Waals surface area contributed by atoms with Crippen molar-refractivity contribution in [1.29, 1.82) is 0 Å². The Morgan fingerprint density at radius 2 is 2.12 bits per heavy atom. The average molecular weight is 219 g/mol. The normalized spacial score (nSPS) is 16.8. The van der Waals surface area contributed by atoms with Crippen LogP contribution in [0.4, 0.5) is 0 Å². The maximum Gasteiger partial charge on any atom is 0.0724 e. The Labute approximate surface area is 97.7 Å². The standard InChI is InChI=1S/C13H21N3/c1-2-5-12(4-1)6-3-7-14-10-13-11-15-8-9-16-13/h8-9,11-12,14H,1-7,10H2. The molecule has 1 fully saturated rings. The number of nitrogens with one attached hydrogen (secondary N) is 1. The Morgan fingerprint density at radius 3 is 2.88 bits per heavy atom. The second-order valence-electron chi connectivity index (χ2n) is 4.67. The van der Waals surface area contributed by atoms with Crippen molar-refractivity contribution >= 4 is 0 Å². The van der Waals surface area contributed by atoms with E-state index in [1.165, 1.54) is 38.5 Å². The van der Waals surface area contributed by atoms with Gasteiger partial charge in [-0.3, -0.25) is 9.97 Å². The summed E-state index contributed by atoms with van der Waals surface area (Å²) in [7, 11) is 0. The van der Waals surface area contributed by atoms with Crippen LogP contribution in [0.5, 0.6) is 0 Å². The van der Waals surface area contributed by atoms with Crippen LogP contribution in [0.15, 0.2) is 18.6 Å². The molecule has 88 valence electrons. The Morgan fingerprint density at radius 1 is 1.25 bits per heavy atom. The third-order valence-corrected chi connectivity index (χ3v) is 3.36. The molecule has 0 bridgehead atoms. The maximum absolute atomic E-state index is 4.23. The molecule has 0 amide bonds. The van der Waals surface area contributed by atoms with Crippen molar-refractivity contribution in [3.8, 4) is 0 Å².